The van der Waals surface area contributed by atoms with Crippen LogP contribution in [0.2, 0.25) is 0 Å². The van der Waals surface area contributed by atoms with E-state index in [-0.39, 0.29) is 5.54 Å². The molecule has 0 spiro atoms. The molecule has 0 saturated heterocycles. The van der Waals surface area contributed by atoms with Gasteiger partial charge in [0.15, 0.2) is 0 Å². The predicted molar refractivity (Wildman–Crippen MR) is 96.9 cm³/mol. The van der Waals surface area contributed by atoms with Crippen molar-refractivity contribution >= 4 is 5.71 Å². The van der Waals surface area contributed by atoms with Crippen molar-refractivity contribution in [3.63, 3.8) is 0 Å². The van der Waals surface area contributed by atoms with Gasteiger partial charge in [0.05, 0.1) is 12.3 Å². The lowest BCUT2D eigenvalue weighted by molar-refractivity contribution is 0.0533. The quantitative estimate of drug-likeness (QED) is 0.925. The van der Waals surface area contributed by atoms with Crippen LogP contribution in [0.15, 0.2) is 65.8 Å². The molecule has 124 valence electrons. The topological polar surface area (TPSA) is 33.6 Å². The molecule has 2 aromatic carbocycles. The van der Waals surface area contributed by atoms with Crippen LogP contribution in [0.25, 0.3) is 0 Å². The maximum absolute atomic E-state index is 5.66. The zero-order chi connectivity index (χ0) is 16.4. The summed E-state index contributed by atoms with van der Waals surface area (Å²) in [7, 11) is 1.78. The van der Waals surface area contributed by atoms with E-state index < -0.39 is 0 Å². The second-order valence-electron chi connectivity index (χ2n) is 6.89. The van der Waals surface area contributed by atoms with E-state index in [1.165, 1.54) is 36.1 Å². The number of rotatable bonds is 4. The molecule has 0 amide bonds. The van der Waals surface area contributed by atoms with E-state index >= 15 is 0 Å². The van der Waals surface area contributed by atoms with Gasteiger partial charge in [-0.1, -0.05) is 67.1 Å². The van der Waals surface area contributed by atoms with Crippen molar-refractivity contribution in [1.82, 2.24) is 5.43 Å². The minimum atomic E-state index is -0.227. The van der Waals surface area contributed by atoms with Crippen molar-refractivity contribution in [3.05, 3.63) is 71.8 Å². The van der Waals surface area contributed by atoms with Crippen LogP contribution in [-0.2, 0) is 10.3 Å². The number of benzene rings is 2. The first kappa shape index (κ1) is 15.4. The summed E-state index contributed by atoms with van der Waals surface area (Å²) in [5, 5.41) is 4.88. The molecule has 1 aliphatic heterocycles. The zero-order valence-corrected chi connectivity index (χ0v) is 14.1. The molecule has 3 nitrogen and oxygen atoms in total. The Balaban J connectivity index is 1.79. The smallest absolute Gasteiger partial charge is 0.106 e. The van der Waals surface area contributed by atoms with Gasteiger partial charge in [0, 0.05) is 13.0 Å². The van der Waals surface area contributed by atoms with Gasteiger partial charge < -0.3 is 4.74 Å². The van der Waals surface area contributed by atoms with Crippen LogP contribution in [0, 0.1) is 11.8 Å². The molecular formula is C21H24N2O. The molecule has 24 heavy (non-hydrogen) atoms. The third kappa shape index (κ3) is 2.44. The summed E-state index contributed by atoms with van der Waals surface area (Å²) in [6, 6.07) is 21.3. The maximum Gasteiger partial charge on any atom is 0.106 e. The van der Waals surface area contributed by atoms with Gasteiger partial charge in [0.1, 0.15) is 5.54 Å². The second kappa shape index (κ2) is 6.40. The molecular weight excluding hydrogens is 296 g/mol. The SMILES string of the molecule is COC[C@]1(c2ccccc2)NN=C(c2ccccc2)C2CCCC21. The molecule has 4 rings (SSSR count). The Morgan fingerprint density at radius 2 is 1.75 bits per heavy atom. The van der Waals surface area contributed by atoms with Crippen molar-refractivity contribution < 1.29 is 4.74 Å². The Kier molecular flexibility index (Phi) is 4.11. The Morgan fingerprint density at radius 3 is 2.46 bits per heavy atom. The van der Waals surface area contributed by atoms with Crippen molar-refractivity contribution in [2.75, 3.05) is 13.7 Å². The highest BCUT2D eigenvalue weighted by Gasteiger charge is 2.50. The first-order valence-electron chi connectivity index (χ1n) is 8.80. The fraction of sp³-hybridized carbons (Fsp3) is 0.381. The van der Waals surface area contributed by atoms with Gasteiger partial charge in [0.25, 0.3) is 0 Å². The van der Waals surface area contributed by atoms with E-state index in [1.54, 1.807) is 7.11 Å². The zero-order valence-electron chi connectivity index (χ0n) is 14.1. The Labute approximate surface area is 143 Å². The lowest BCUT2D eigenvalue weighted by Crippen LogP contribution is -2.55. The molecule has 2 unspecified atom stereocenters. The molecule has 1 N–H and O–H groups in total. The highest BCUT2D eigenvalue weighted by atomic mass is 16.5. The lowest BCUT2D eigenvalue weighted by Gasteiger charge is -2.45. The van der Waals surface area contributed by atoms with Gasteiger partial charge in [-0.2, -0.15) is 5.10 Å². The van der Waals surface area contributed by atoms with Crippen LogP contribution >= 0.6 is 0 Å². The molecule has 3 atom stereocenters. The number of hydrazone groups is 1. The fourth-order valence-electron chi connectivity index (χ4n) is 4.56. The number of ether oxygens (including phenoxy) is 1. The van der Waals surface area contributed by atoms with E-state index in [2.05, 4.69) is 66.1 Å². The number of methoxy groups -OCH3 is 1. The van der Waals surface area contributed by atoms with Crippen LogP contribution < -0.4 is 5.43 Å². The molecule has 1 aliphatic carbocycles. The maximum atomic E-state index is 5.66. The van der Waals surface area contributed by atoms with Crippen molar-refractivity contribution in [1.29, 1.82) is 0 Å². The average Bonchev–Trinajstić information content (AvgIpc) is 3.14. The third-order valence-corrected chi connectivity index (χ3v) is 5.61. The summed E-state index contributed by atoms with van der Waals surface area (Å²) < 4.78 is 5.66. The van der Waals surface area contributed by atoms with Gasteiger partial charge in [-0.3, -0.25) is 5.43 Å². The summed E-state index contributed by atoms with van der Waals surface area (Å²) in [5.74, 6) is 0.997. The van der Waals surface area contributed by atoms with Gasteiger partial charge in [-0.25, -0.2) is 0 Å². The standard InChI is InChI=1S/C21H24N2O/c1-24-15-21(17-11-6-3-7-12-17)19-14-8-13-18(19)20(22-23-21)16-9-4-2-5-10-16/h2-7,9-12,18-19,23H,8,13-15H2,1H3/t18?,19?,21-/m1/s1. The minimum absolute atomic E-state index is 0.227. The van der Waals surface area contributed by atoms with E-state index in [4.69, 9.17) is 9.84 Å². The monoisotopic (exact) mass is 320 g/mol. The summed E-state index contributed by atoms with van der Waals surface area (Å²) in [6.45, 7) is 0.643. The molecule has 1 saturated carbocycles. The number of nitrogens with zero attached hydrogens (tertiary/aromatic N) is 1. The minimum Gasteiger partial charge on any atom is -0.382 e. The Bertz CT molecular complexity index is 713. The summed E-state index contributed by atoms with van der Waals surface area (Å²) in [4.78, 5) is 0. The van der Waals surface area contributed by atoms with Crippen LogP contribution in [-0.4, -0.2) is 19.4 Å². The molecule has 1 fully saturated rings. The predicted octanol–water partition coefficient (Wildman–Crippen LogP) is 3.95. The van der Waals surface area contributed by atoms with Crippen molar-refractivity contribution in [2.45, 2.75) is 24.8 Å². The highest BCUT2D eigenvalue weighted by Crippen LogP contribution is 2.48. The largest absolute Gasteiger partial charge is 0.382 e. The number of hydrogen-bond donors (Lipinski definition) is 1. The lowest BCUT2D eigenvalue weighted by atomic mass is 9.70. The van der Waals surface area contributed by atoms with E-state index in [0.29, 0.717) is 18.4 Å². The van der Waals surface area contributed by atoms with E-state index in [9.17, 15) is 0 Å². The fourth-order valence-corrected chi connectivity index (χ4v) is 4.56. The van der Waals surface area contributed by atoms with Gasteiger partial charge in [0.2, 0.25) is 0 Å². The van der Waals surface area contributed by atoms with Crippen LogP contribution in [0.4, 0.5) is 0 Å². The normalized spacial score (nSPS) is 28.8. The third-order valence-electron chi connectivity index (χ3n) is 5.61. The number of nitrogens with one attached hydrogen (secondary N) is 1. The number of fused-ring (bicyclic) bond motifs is 1. The van der Waals surface area contributed by atoms with Gasteiger partial charge >= 0.3 is 0 Å². The molecule has 2 aromatic rings. The molecule has 2 aliphatic rings. The van der Waals surface area contributed by atoms with E-state index in [1.807, 2.05) is 0 Å². The van der Waals surface area contributed by atoms with Crippen LogP contribution in [0.1, 0.15) is 30.4 Å². The van der Waals surface area contributed by atoms with Crippen LogP contribution in [0.3, 0.4) is 0 Å². The van der Waals surface area contributed by atoms with E-state index in [0.717, 1.165) is 0 Å². The van der Waals surface area contributed by atoms with Crippen molar-refractivity contribution in [2.24, 2.45) is 16.9 Å². The summed E-state index contributed by atoms with van der Waals surface area (Å²) >= 11 is 0. The molecule has 3 heteroatoms. The second-order valence-corrected chi connectivity index (χ2v) is 6.89. The highest BCUT2D eigenvalue weighted by molar-refractivity contribution is 6.03. The molecule has 0 bridgehead atoms. The van der Waals surface area contributed by atoms with Gasteiger partial charge in [-0.15, -0.1) is 0 Å². The Hall–Kier alpha value is -2.13. The Morgan fingerprint density at radius 1 is 1.04 bits per heavy atom. The first-order chi connectivity index (χ1) is 11.8. The molecule has 0 radical (unpaired) electrons. The summed E-state index contributed by atoms with van der Waals surface area (Å²) in [5.41, 5.74) is 7.03. The first-order valence-corrected chi connectivity index (χ1v) is 8.80. The summed E-state index contributed by atoms with van der Waals surface area (Å²) in [6.07, 6.45) is 3.67. The van der Waals surface area contributed by atoms with Gasteiger partial charge in [-0.05, 0) is 29.9 Å². The number of hydrogen-bond acceptors (Lipinski definition) is 3. The van der Waals surface area contributed by atoms with Crippen LogP contribution in [0.5, 0.6) is 0 Å². The average molecular weight is 320 g/mol. The molecule has 1 heterocycles. The molecule has 0 aromatic heterocycles. The van der Waals surface area contributed by atoms with Crippen molar-refractivity contribution in [3.8, 4) is 0 Å².